The zero-order chi connectivity index (χ0) is 10.1. The van der Waals surface area contributed by atoms with E-state index in [0.717, 1.165) is 18.7 Å². The molecule has 0 aromatic heterocycles. The number of hydrogen-bond donors (Lipinski definition) is 0. The van der Waals surface area contributed by atoms with Crippen molar-refractivity contribution in [3.63, 3.8) is 0 Å². The van der Waals surface area contributed by atoms with Crippen molar-refractivity contribution in [3.8, 4) is 0 Å². The number of nitrogens with zero attached hydrogens (tertiary/aromatic N) is 1. The Morgan fingerprint density at radius 2 is 2.14 bits per heavy atom. The van der Waals surface area contributed by atoms with Gasteiger partial charge in [0, 0.05) is 19.2 Å². The Morgan fingerprint density at radius 3 is 2.86 bits per heavy atom. The van der Waals surface area contributed by atoms with Gasteiger partial charge in [-0.15, -0.1) is 0 Å². The smallest absolute Gasteiger partial charge is 0.223 e. The summed E-state index contributed by atoms with van der Waals surface area (Å²) >= 11 is 0. The van der Waals surface area contributed by atoms with Crippen molar-refractivity contribution in [1.82, 2.24) is 0 Å². The standard InChI is InChI=1S/C12H15NO/c1-9-7-8-13(10(2)14)12-6-4-3-5-11(9)12/h3-6,9H,7-8H2,1-2H3/t9-/m1/s1. The lowest BCUT2D eigenvalue weighted by Gasteiger charge is -2.32. The molecule has 1 aromatic carbocycles. The van der Waals surface area contributed by atoms with E-state index in [9.17, 15) is 4.79 Å². The maximum atomic E-state index is 11.4. The maximum Gasteiger partial charge on any atom is 0.223 e. The van der Waals surface area contributed by atoms with Gasteiger partial charge >= 0.3 is 0 Å². The van der Waals surface area contributed by atoms with Gasteiger partial charge in [0.05, 0.1) is 0 Å². The molecule has 74 valence electrons. The first-order valence-corrected chi connectivity index (χ1v) is 5.07. The van der Waals surface area contributed by atoms with E-state index in [1.54, 1.807) is 6.92 Å². The summed E-state index contributed by atoms with van der Waals surface area (Å²) in [7, 11) is 0. The summed E-state index contributed by atoms with van der Waals surface area (Å²) in [6, 6.07) is 8.19. The molecule has 0 saturated heterocycles. The molecule has 2 nitrogen and oxygen atoms in total. The highest BCUT2D eigenvalue weighted by molar-refractivity contribution is 5.92. The SMILES string of the molecule is CC(=O)N1CC[C@@H](C)c2ccccc21. The molecule has 1 aromatic rings. The number of benzene rings is 1. The van der Waals surface area contributed by atoms with E-state index < -0.39 is 0 Å². The van der Waals surface area contributed by atoms with Crippen LogP contribution < -0.4 is 4.90 Å². The molecule has 0 fully saturated rings. The highest BCUT2D eigenvalue weighted by Gasteiger charge is 2.23. The molecule has 2 heteroatoms. The van der Waals surface area contributed by atoms with Crippen molar-refractivity contribution < 1.29 is 4.79 Å². The molecular weight excluding hydrogens is 174 g/mol. The van der Waals surface area contributed by atoms with Crippen LogP contribution in [-0.2, 0) is 4.79 Å². The second-order valence-corrected chi connectivity index (χ2v) is 3.92. The zero-order valence-corrected chi connectivity index (χ0v) is 8.66. The van der Waals surface area contributed by atoms with Crippen LogP contribution >= 0.6 is 0 Å². The lowest BCUT2D eigenvalue weighted by molar-refractivity contribution is -0.116. The molecular formula is C12H15NO. The van der Waals surface area contributed by atoms with Gasteiger partial charge in [-0.2, -0.15) is 0 Å². The van der Waals surface area contributed by atoms with Gasteiger partial charge in [-0.3, -0.25) is 4.79 Å². The topological polar surface area (TPSA) is 20.3 Å². The Morgan fingerprint density at radius 1 is 1.43 bits per heavy atom. The van der Waals surface area contributed by atoms with Gasteiger partial charge in [-0.05, 0) is 24.0 Å². The van der Waals surface area contributed by atoms with E-state index in [2.05, 4.69) is 13.0 Å². The molecule has 1 amide bonds. The minimum atomic E-state index is 0.143. The van der Waals surface area contributed by atoms with Gasteiger partial charge < -0.3 is 4.90 Å². The number of rotatable bonds is 0. The molecule has 1 aliphatic heterocycles. The van der Waals surface area contributed by atoms with Crippen molar-refractivity contribution in [2.75, 3.05) is 11.4 Å². The molecule has 0 spiro atoms. The fourth-order valence-electron chi connectivity index (χ4n) is 2.08. The van der Waals surface area contributed by atoms with Gasteiger partial charge in [-0.25, -0.2) is 0 Å². The zero-order valence-electron chi connectivity index (χ0n) is 8.66. The summed E-state index contributed by atoms with van der Waals surface area (Å²) in [5, 5.41) is 0. The molecule has 0 bridgehead atoms. The molecule has 0 radical (unpaired) electrons. The minimum Gasteiger partial charge on any atom is -0.312 e. The quantitative estimate of drug-likeness (QED) is 0.614. The van der Waals surface area contributed by atoms with Crippen molar-refractivity contribution in [1.29, 1.82) is 0 Å². The van der Waals surface area contributed by atoms with Crippen LogP contribution in [0.15, 0.2) is 24.3 Å². The molecule has 1 heterocycles. The minimum absolute atomic E-state index is 0.143. The predicted octanol–water partition coefficient (Wildman–Crippen LogP) is 2.55. The third kappa shape index (κ3) is 1.41. The molecule has 14 heavy (non-hydrogen) atoms. The predicted molar refractivity (Wildman–Crippen MR) is 57.5 cm³/mol. The number of carbonyl (C=O) groups is 1. The van der Waals surface area contributed by atoms with Crippen LogP contribution in [-0.4, -0.2) is 12.5 Å². The second-order valence-electron chi connectivity index (χ2n) is 3.92. The first kappa shape index (κ1) is 9.25. The normalized spacial score (nSPS) is 20.4. The summed E-state index contributed by atoms with van der Waals surface area (Å²) in [6.07, 6.45) is 1.07. The number of carbonyl (C=O) groups excluding carboxylic acids is 1. The van der Waals surface area contributed by atoms with Crippen molar-refractivity contribution in [3.05, 3.63) is 29.8 Å². The highest BCUT2D eigenvalue weighted by Crippen LogP contribution is 2.34. The van der Waals surface area contributed by atoms with Crippen LogP contribution in [0.25, 0.3) is 0 Å². The Balaban J connectivity index is 2.46. The van der Waals surface area contributed by atoms with Gasteiger partial charge in [0.2, 0.25) is 5.91 Å². The van der Waals surface area contributed by atoms with Crippen molar-refractivity contribution >= 4 is 11.6 Å². The van der Waals surface area contributed by atoms with Crippen molar-refractivity contribution in [2.45, 2.75) is 26.2 Å². The van der Waals surface area contributed by atoms with E-state index in [1.165, 1.54) is 5.56 Å². The molecule has 0 aliphatic carbocycles. The first-order valence-electron chi connectivity index (χ1n) is 5.07. The average Bonchev–Trinajstić information content (AvgIpc) is 2.18. The van der Waals surface area contributed by atoms with Crippen LogP contribution in [0, 0.1) is 0 Å². The number of hydrogen-bond acceptors (Lipinski definition) is 1. The average molecular weight is 189 g/mol. The molecule has 2 rings (SSSR count). The molecule has 0 saturated carbocycles. The summed E-state index contributed by atoms with van der Waals surface area (Å²) in [5.74, 6) is 0.714. The summed E-state index contributed by atoms with van der Waals surface area (Å²) in [4.78, 5) is 13.3. The van der Waals surface area contributed by atoms with Gasteiger partial charge in [0.15, 0.2) is 0 Å². The van der Waals surface area contributed by atoms with E-state index in [1.807, 2.05) is 23.1 Å². The Kier molecular flexibility index (Phi) is 2.28. The summed E-state index contributed by atoms with van der Waals surface area (Å²) in [6.45, 7) is 4.70. The number of anilines is 1. The number of amides is 1. The van der Waals surface area contributed by atoms with Crippen LogP contribution in [0.4, 0.5) is 5.69 Å². The highest BCUT2D eigenvalue weighted by atomic mass is 16.2. The van der Waals surface area contributed by atoms with E-state index in [0.29, 0.717) is 5.92 Å². The second kappa shape index (κ2) is 3.45. The lowest BCUT2D eigenvalue weighted by Crippen LogP contribution is -2.34. The first-order chi connectivity index (χ1) is 6.70. The summed E-state index contributed by atoms with van der Waals surface area (Å²) in [5.41, 5.74) is 2.40. The van der Waals surface area contributed by atoms with E-state index in [-0.39, 0.29) is 5.91 Å². The summed E-state index contributed by atoms with van der Waals surface area (Å²) < 4.78 is 0. The molecule has 1 atom stereocenters. The monoisotopic (exact) mass is 189 g/mol. The number of para-hydroxylation sites is 1. The Labute approximate surface area is 84.5 Å². The molecule has 0 unspecified atom stereocenters. The van der Waals surface area contributed by atoms with Gasteiger partial charge in [0.25, 0.3) is 0 Å². The van der Waals surface area contributed by atoms with Gasteiger partial charge in [0.1, 0.15) is 0 Å². The van der Waals surface area contributed by atoms with E-state index in [4.69, 9.17) is 0 Å². The maximum absolute atomic E-state index is 11.4. The van der Waals surface area contributed by atoms with Crippen molar-refractivity contribution in [2.24, 2.45) is 0 Å². The molecule has 0 N–H and O–H groups in total. The number of fused-ring (bicyclic) bond motifs is 1. The lowest BCUT2D eigenvalue weighted by atomic mass is 9.91. The van der Waals surface area contributed by atoms with Gasteiger partial charge in [-0.1, -0.05) is 25.1 Å². The van der Waals surface area contributed by atoms with Crippen LogP contribution in [0.3, 0.4) is 0 Å². The fourth-order valence-corrected chi connectivity index (χ4v) is 2.08. The van der Waals surface area contributed by atoms with Crippen LogP contribution in [0.1, 0.15) is 31.7 Å². The molecule has 1 aliphatic rings. The fraction of sp³-hybridized carbons (Fsp3) is 0.417. The third-order valence-electron chi connectivity index (χ3n) is 2.92. The van der Waals surface area contributed by atoms with Crippen LogP contribution in [0.2, 0.25) is 0 Å². The van der Waals surface area contributed by atoms with E-state index >= 15 is 0 Å². The largest absolute Gasteiger partial charge is 0.312 e. The van der Waals surface area contributed by atoms with Crippen LogP contribution in [0.5, 0.6) is 0 Å². The Hall–Kier alpha value is -1.31. The third-order valence-corrected chi connectivity index (χ3v) is 2.92. The Bertz CT molecular complexity index is 359.